The highest BCUT2D eigenvalue weighted by Crippen LogP contribution is 2.44. The van der Waals surface area contributed by atoms with E-state index in [9.17, 15) is 19.8 Å². The normalized spacial score (nSPS) is 13.0. The molecule has 0 bridgehead atoms. The number of nitrogens with zero attached hydrogens (tertiary/aromatic N) is 2. The summed E-state index contributed by atoms with van der Waals surface area (Å²) in [7, 11) is 0. The molecule has 0 amide bonds. The van der Waals surface area contributed by atoms with Crippen molar-refractivity contribution in [2.24, 2.45) is 0 Å². The van der Waals surface area contributed by atoms with Crippen LogP contribution in [0.15, 0.2) is 52.0 Å². The molecule has 0 fully saturated rings. The maximum absolute atomic E-state index is 13.9. The summed E-state index contributed by atoms with van der Waals surface area (Å²) in [6.45, 7) is 8.59. The van der Waals surface area contributed by atoms with Crippen molar-refractivity contribution in [3.05, 3.63) is 69.8 Å². The Balaban J connectivity index is 2.03. The van der Waals surface area contributed by atoms with E-state index in [1.807, 2.05) is 44.2 Å². The fourth-order valence-corrected chi connectivity index (χ4v) is 5.44. The molecule has 0 saturated carbocycles. The number of aromatic nitrogens is 2. The van der Waals surface area contributed by atoms with Gasteiger partial charge in [-0.2, -0.15) is 0 Å². The molecule has 1 aromatic carbocycles. The van der Waals surface area contributed by atoms with Gasteiger partial charge in [0.2, 0.25) is 5.89 Å². The monoisotopic (exact) mass is 496 g/mol. The van der Waals surface area contributed by atoms with Crippen molar-refractivity contribution in [1.82, 2.24) is 9.55 Å². The van der Waals surface area contributed by atoms with Gasteiger partial charge in [0.05, 0.1) is 40.1 Å². The molecule has 0 aliphatic carbocycles. The van der Waals surface area contributed by atoms with Crippen LogP contribution >= 0.6 is 11.3 Å². The van der Waals surface area contributed by atoms with Crippen LogP contribution in [0.25, 0.3) is 21.0 Å². The number of thiophene rings is 1. The summed E-state index contributed by atoms with van der Waals surface area (Å²) in [5.74, 6) is -1.19. The fourth-order valence-electron chi connectivity index (χ4n) is 4.19. The summed E-state index contributed by atoms with van der Waals surface area (Å²) >= 11 is 1.26. The number of carbonyl (C=O) groups is 1. The molecular formula is C26H28N2O6S. The minimum absolute atomic E-state index is 0.119. The molecule has 4 aromatic rings. The molecule has 3 aromatic heterocycles. The zero-order valence-electron chi connectivity index (χ0n) is 20.2. The van der Waals surface area contributed by atoms with Crippen LogP contribution in [0.5, 0.6) is 5.75 Å². The van der Waals surface area contributed by atoms with Crippen LogP contribution in [0.3, 0.4) is 0 Å². The van der Waals surface area contributed by atoms with Crippen LogP contribution in [0.2, 0.25) is 0 Å². The molecule has 0 unspecified atom stereocenters. The van der Waals surface area contributed by atoms with Gasteiger partial charge >= 0.3 is 5.97 Å². The number of carboxylic acid groups (broad SMARTS) is 1. The maximum atomic E-state index is 13.9. The molecule has 184 valence electrons. The predicted molar refractivity (Wildman–Crippen MR) is 134 cm³/mol. The molecule has 0 spiro atoms. The van der Waals surface area contributed by atoms with Gasteiger partial charge in [-0.15, -0.1) is 11.3 Å². The summed E-state index contributed by atoms with van der Waals surface area (Å²) in [6.07, 6.45) is 2.38. The van der Waals surface area contributed by atoms with Crippen molar-refractivity contribution in [3.8, 4) is 16.5 Å². The number of hydrogen-bond acceptors (Lipinski definition) is 7. The number of rotatable bonds is 8. The SMILES string of the molecule is Cc1c(-c2ncco2)sc2c1c(O)c(C(C)(C)C(=O)O)c(=O)n2C[C@@H](OC(C)C)c1ccccc1. The predicted octanol–water partition coefficient (Wildman–Crippen LogP) is 5.26. The molecule has 0 aliphatic rings. The summed E-state index contributed by atoms with van der Waals surface area (Å²) in [5, 5.41) is 21.6. The third-order valence-electron chi connectivity index (χ3n) is 6.05. The van der Waals surface area contributed by atoms with Crippen LogP contribution in [-0.2, 0) is 21.5 Å². The van der Waals surface area contributed by atoms with Crippen molar-refractivity contribution in [2.45, 2.75) is 58.8 Å². The molecule has 4 rings (SSSR count). The molecular weight excluding hydrogens is 468 g/mol. The number of aromatic hydroxyl groups is 1. The van der Waals surface area contributed by atoms with Gasteiger partial charge in [-0.25, -0.2) is 4.98 Å². The standard InChI is InChI=1S/C26H28N2O6S/c1-14(2)34-17(16-9-7-6-8-10-16)13-28-23(30)19(26(4,5)25(31)32)20(29)18-15(3)21(35-24(18)28)22-27-11-12-33-22/h6-12,14,17,29H,13H2,1-5H3,(H,31,32)/t17-/m1/s1. The maximum Gasteiger partial charge on any atom is 0.313 e. The highest BCUT2D eigenvalue weighted by atomic mass is 32.1. The Hall–Kier alpha value is -3.43. The van der Waals surface area contributed by atoms with Gasteiger partial charge in [0.1, 0.15) is 22.9 Å². The largest absolute Gasteiger partial charge is 0.507 e. The topological polar surface area (TPSA) is 115 Å². The first-order valence-electron chi connectivity index (χ1n) is 11.3. The lowest BCUT2D eigenvalue weighted by atomic mass is 9.84. The van der Waals surface area contributed by atoms with Gasteiger partial charge in [-0.3, -0.25) is 14.2 Å². The van der Waals surface area contributed by atoms with Crippen molar-refractivity contribution in [2.75, 3.05) is 0 Å². The van der Waals surface area contributed by atoms with Crippen LogP contribution in [0.4, 0.5) is 0 Å². The number of oxazole rings is 1. The summed E-state index contributed by atoms with van der Waals surface area (Å²) in [5.41, 5.74) is -0.836. The van der Waals surface area contributed by atoms with Crippen LogP contribution in [0, 0.1) is 6.92 Å². The minimum Gasteiger partial charge on any atom is -0.507 e. The zero-order valence-corrected chi connectivity index (χ0v) is 21.0. The first-order valence-corrected chi connectivity index (χ1v) is 12.1. The molecule has 0 aliphatic heterocycles. The Labute approximate surface area is 206 Å². The van der Waals surface area contributed by atoms with Crippen LogP contribution in [0.1, 0.15) is 50.5 Å². The average Bonchev–Trinajstić information content (AvgIpc) is 3.44. The van der Waals surface area contributed by atoms with Gasteiger partial charge < -0.3 is 19.4 Å². The first kappa shape index (κ1) is 24.7. The van der Waals surface area contributed by atoms with E-state index >= 15 is 0 Å². The quantitative estimate of drug-likeness (QED) is 0.342. The van der Waals surface area contributed by atoms with E-state index < -0.39 is 23.0 Å². The van der Waals surface area contributed by atoms with Gasteiger partial charge in [0.25, 0.3) is 5.56 Å². The second-order valence-corrected chi connectivity index (χ2v) is 10.2. The number of benzene rings is 1. The van der Waals surface area contributed by atoms with E-state index in [0.717, 1.165) is 5.56 Å². The van der Waals surface area contributed by atoms with E-state index in [4.69, 9.17) is 9.15 Å². The fraction of sp³-hybridized carbons (Fsp3) is 0.346. The Morgan fingerprint density at radius 1 is 1.26 bits per heavy atom. The third-order valence-corrected chi connectivity index (χ3v) is 7.35. The summed E-state index contributed by atoms with van der Waals surface area (Å²) < 4.78 is 13.2. The summed E-state index contributed by atoms with van der Waals surface area (Å²) in [6, 6.07) is 9.55. The second-order valence-electron chi connectivity index (χ2n) is 9.23. The molecule has 0 radical (unpaired) electrons. The molecule has 0 saturated heterocycles. The van der Waals surface area contributed by atoms with E-state index in [-0.39, 0.29) is 24.0 Å². The average molecular weight is 497 g/mol. The molecule has 3 heterocycles. The second kappa shape index (κ2) is 9.31. The van der Waals surface area contributed by atoms with Gasteiger partial charge in [-0.05, 0) is 45.7 Å². The lowest BCUT2D eigenvalue weighted by molar-refractivity contribution is -0.142. The molecule has 9 heteroatoms. The number of pyridine rings is 1. The summed E-state index contributed by atoms with van der Waals surface area (Å²) in [4.78, 5) is 31.4. The van der Waals surface area contributed by atoms with Crippen molar-refractivity contribution < 1.29 is 24.2 Å². The highest BCUT2D eigenvalue weighted by molar-refractivity contribution is 7.22. The van der Waals surface area contributed by atoms with Gasteiger partial charge in [-0.1, -0.05) is 30.3 Å². The highest BCUT2D eigenvalue weighted by Gasteiger charge is 2.38. The van der Waals surface area contributed by atoms with Gasteiger partial charge in [0, 0.05) is 0 Å². The Morgan fingerprint density at radius 3 is 2.51 bits per heavy atom. The van der Waals surface area contributed by atoms with Crippen LogP contribution < -0.4 is 5.56 Å². The lowest BCUT2D eigenvalue weighted by Gasteiger charge is -2.25. The first-order chi connectivity index (χ1) is 16.5. The lowest BCUT2D eigenvalue weighted by Crippen LogP contribution is -2.38. The molecule has 35 heavy (non-hydrogen) atoms. The van der Waals surface area contributed by atoms with Gasteiger partial charge in [0.15, 0.2) is 0 Å². The van der Waals surface area contributed by atoms with E-state index in [0.29, 0.717) is 26.5 Å². The third kappa shape index (κ3) is 4.37. The van der Waals surface area contributed by atoms with Crippen molar-refractivity contribution >= 4 is 27.5 Å². The number of fused-ring (bicyclic) bond motifs is 1. The molecule has 1 atom stereocenters. The van der Waals surface area contributed by atoms with E-state index in [1.165, 1.54) is 42.2 Å². The number of aryl methyl sites for hydroxylation is 1. The Bertz CT molecular complexity index is 1420. The Kier molecular flexibility index (Phi) is 6.57. The molecule has 8 nitrogen and oxygen atoms in total. The van der Waals surface area contributed by atoms with Crippen LogP contribution in [-0.4, -0.2) is 31.8 Å². The van der Waals surface area contributed by atoms with E-state index in [2.05, 4.69) is 4.98 Å². The van der Waals surface area contributed by atoms with Crippen molar-refractivity contribution in [3.63, 3.8) is 0 Å². The smallest absolute Gasteiger partial charge is 0.313 e. The van der Waals surface area contributed by atoms with Crippen molar-refractivity contribution in [1.29, 1.82) is 0 Å². The number of hydrogen-bond donors (Lipinski definition) is 2. The number of ether oxygens (including phenoxy) is 1. The number of carboxylic acids is 1. The molecule has 2 N–H and O–H groups in total. The van der Waals surface area contributed by atoms with E-state index in [1.54, 1.807) is 6.92 Å². The number of aliphatic carboxylic acids is 1. The Morgan fingerprint density at radius 2 is 1.94 bits per heavy atom. The zero-order chi connectivity index (χ0) is 25.5. The minimum atomic E-state index is -1.63.